The van der Waals surface area contributed by atoms with Crippen LogP contribution in [0.25, 0.3) is 0 Å². The first-order valence-corrected chi connectivity index (χ1v) is 5.25. The van der Waals surface area contributed by atoms with E-state index in [0.717, 1.165) is 0 Å². The Kier molecular flexibility index (Phi) is 6.54. The van der Waals surface area contributed by atoms with Crippen LogP contribution in [0.15, 0.2) is 36.9 Å². The molecular weight excluding hydrogens is 242 g/mol. The number of aliphatic hydroxyl groups excluding tert-OH is 1. The molecule has 2 N–H and O–H groups in total. The van der Waals surface area contributed by atoms with Gasteiger partial charge in [0.15, 0.2) is 0 Å². The average molecular weight is 254 g/mol. The Morgan fingerprint density at radius 3 is 1.94 bits per heavy atom. The highest BCUT2D eigenvalue weighted by Crippen LogP contribution is 1.92. The number of aliphatic hydroxyl groups is 1. The quantitative estimate of drug-likeness (QED) is 0.795. The Hall–Kier alpha value is -1.79. The molecule has 90 valence electrons. The fraction of sp³-hybridized carbons (Fsp3) is 0.200. The van der Waals surface area contributed by atoms with Gasteiger partial charge in [0.25, 0.3) is 0 Å². The summed E-state index contributed by atoms with van der Waals surface area (Å²) < 4.78 is 0. The van der Waals surface area contributed by atoms with Crippen LogP contribution in [0, 0.1) is 0 Å². The molecule has 6 nitrogen and oxygen atoms in total. The summed E-state index contributed by atoms with van der Waals surface area (Å²) in [6, 6.07) is 3.45. The molecule has 2 aromatic heterocycles. The van der Waals surface area contributed by atoms with E-state index in [2.05, 4.69) is 25.3 Å². The fourth-order valence-corrected chi connectivity index (χ4v) is 0.952. The molecule has 0 fully saturated rings. The van der Waals surface area contributed by atoms with Crippen LogP contribution < -0.4 is 5.32 Å². The smallest absolute Gasteiger partial charge is 0.222 e. The molecule has 0 spiro atoms. The van der Waals surface area contributed by atoms with Crippen LogP contribution in [0.4, 0.5) is 5.95 Å². The van der Waals surface area contributed by atoms with Gasteiger partial charge in [-0.1, -0.05) is 0 Å². The van der Waals surface area contributed by atoms with Crippen LogP contribution in [-0.2, 0) is 0 Å². The zero-order chi connectivity index (χ0) is 12.3. The molecule has 0 atom stereocenters. The van der Waals surface area contributed by atoms with Gasteiger partial charge in [-0.3, -0.25) is 0 Å². The van der Waals surface area contributed by atoms with Crippen LogP contribution >= 0.6 is 11.6 Å². The Labute approximate surface area is 104 Å². The lowest BCUT2D eigenvalue weighted by molar-refractivity contribution is 0.311. The van der Waals surface area contributed by atoms with E-state index in [1.807, 2.05) is 0 Å². The standard InChI is InChI=1S/C6H9N3O.C4H3ClN2/c10-5-4-9-6-7-2-1-3-8-6;5-4-6-2-1-3-7-4/h1-3,10H,4-5H2,(H,7,8,9);1-3H. The second-order valence-electron chi connectivity index (χ2n) is 2.74. The van der Waals surface area contributed by atoms with Crippen molar-refractivity contribution in [3.8, 4) is 0 Å². The molecule has 0 aliphatic rings. The third-order valence-electron chi connectivity index (χ3n) is 1.49. The van der Waals surface area contributed by atoms with E-state index in [9.17, 15) is 0 Å². The molecule has 7 heteroatoms. The highest BCUT2D eigenvalue weighted by atomic mass is 35.5. The van der Waals surface area contributed by atoms with Gasteiger partial charge < -0.3 is 10.4 Å². The molecule has 17 heavy (non-hydrogen) atoms. The number of aromatic nitrogens is 4. The fourth-order valence-electron chi connectivity index (χ4n) is 0.839. The normalized spacial score (nSPS) is 9.06. The summed E-state index contributed by atoms with van der Waals surface area (Å²) in [6.45, 7) is 0.586. The van der Waals surface area contributed by atoms with Gasteiger partial charge in [-0.25, -0.2) is 19.9 Å². The van der Waals surface area contributed by atoms with Crippen molar-refractivity contribution in [3.63, 3.8) is 0 Å². The second kappa shape index (κ2) is 8.37. The Balaban J connectivity index is 0.000000181. The molecular formula is C10H12ClN5O. The number of rotatable bonds is 3. The zero-order valence-electron chi connectivity index (χ0n) is 8.99. The molecule has 0 unspecified atom stereocenters. The number of halogens is 1. The highest BCUT2D eigenvalue weighted by molar-refractivity contribution is 6.28. The maximum atomic E-state index is 8.41. The van der Waals surface area contributed by atoms with Gasteiger partial charge >= 0.3 is 0 Å². The largest absolute Gasteiger partial charge is 0.395 e. The Bertz CT molecular complexity index is 400. The molecule has 0 radical (unpaired) electrons. The number of nitrogens with zero attached hydrogens (tertiary/aromatic N) is 4. The van der Waals surface area contributed by atoms with E-state index in [4.69, 9.17) is 16.7 Å². The number of hydrogen-bond acceptors (Lipinski definition) is 6. The summed E-state index contributed by atoms with van der Waals surface area (Å²) in [5, 5.41) is 11.5. The van der Waals surface area contributed by atoms with Crippen molar-refractivity contribution in [1.29, 1.82) is 0 Å². The third-order valence-corrected chi connectivity index (χ3v) is 1.69. The monoisotopic (exact) mass is 253 g/mol. The van der Waals surface area contributed by atoms with Crippen molar-refractivity contribution >= 4 is 17.5 Å². The average Bonchev–Trinajstić information content (AvgIpc) is 2.39. The molecule has 0 amide bonds. The molecule has 0 aliphatic carbocycles. The minimum atomic E-state index is 0.0955. The van der Waals surface area contributed by atoms with Crippen molar-refractivity contribution in [1.82, 2.24) is 19.9 Å². The van der Waals surface area contributed by atoms with Crippen molar-refractivity contribution in [3.05, 3.63) is 42.2 Å². The Morgan fingerprint density at radius 2 is 1.53 bits per heavy atom. The summed E-state index contributed by atoms with van der Waals surface area (Å²) in [6.07, 6.45) is 6.48. The van der Waals surface area contributed by atoms with Crippen molar-refractivity contribution in [2.75, 3.05) is 18.5 Å². The highest BCUT2D eigenvalue weighted by Gasteiger charge is 1.88. The molecule has 2 aromatic rings. The summed E-state index contributed by atoms with van der Waals surface area (Å²) in [7, 11) is 0. The lowest BCUT2D eigenvalue weighted by Gasteiger charge is -1.98. The molecule has 0 bridgehead atoms. The van der Waals surface area contributed by atoms with Crippen LogP contribution in [0.3, 0.4) is 0 Å². The van der Waals surface area contributed by atoms with Crippen LogP contribution in [0.5, 0.6) is 0 Å². The van der Waals surface area contributed by atoms with Gasteiger partial charge in [0.05, 0.1) is 6.61 Å². The predicted octanol–water partition coefficient (Wildman–Crippen LogP) is 1.01. The third kappa shape index (κ3) is 6.39. The number of hydrogen-bond donors (Lipinski definition) is 2. The molecule has 0 saturated heterocycles. The second-order valence-corrected chi connectivity index (χ2v) is 3.08. The molecule has 0 saturated carbocycles. The molecule has 2 heterocycles. The SMILES string of the molecule is Clc1ncccn1.OCCNc1ncccn1. The lowest BCUT2D eigenvalue weighted by atomic mass is 10.6. The maximum absolute atomic E-state index is 8.41. The van der Waals surface area contributed by atoms with Gasteiger partial charge in [0, 0.05) is 31.3 Å². The van der Waals surface area contributed by atoms with E-state index < -0.39 is 0 Å². The van der Waals surface area contributed by atoms with E-state index in [1.165, 1.54) is 0 Å². The van der Waals surface area contributed by atoms with Crippen molar-refractivity contribution < 1.29 is 5.11 Å². The minimum Gasteiger partial charge on any atom is -0.395 e. The molecule has 0 aromatic carbocycles. The summed E-state index contributed by atoms with van der Waals surface area (Å²) in [5.41, 5.74) is 0. The molecule has 2 rings (SSSR count). The van der Waals surface area contributed by atoms with Crippen molar-refractivity contribution in [2.24, 2.45) is 0 Å². The predicted molar refractivity (Wildman–Crippen MR) is 64.6 cm³/mol. The van der Waals surface area contributed by atoms with Crippen LogP contribution in [0.1, 0.15) is 0 Å². The van der Waals surface area contributed by atoms with Gasteiger partial charge in [-0.15, -0.1) is 0 Å². The first kappa shape index (κ1) is 13.3. The van der Waals surface area contributed by atoms with E-state index in [0.29, 0.717) is 17.8 Å². The van der Waals surface area contributed by atoms with Gasteiger partial charge in [-0.2, -0.15) is 0 Å². The minimum absolute atomic E-state index is 0.0955. The zero-order valence-corrected chi connectivity index (χ0v) is 9.75. The first-order chi connectivity index (χ1) is 8.33. The summed E-state index contributed by atoms with van der Waals surface area (Å²) in [5.74, 6) is 0.552. The Morgan fingerprint density at radius 1 is 1.00 bits per heavy atom. The van der Waals surface area contributed by atoms with Crippen molar-refractivity contribution in [2.45, 2.75) is 0 Å². The van der Waals surface area contributed by atoms with E-state index >= 15 is 0 Å². The molecule has 0 aliphatic heterocycles. The van der Waals surface area contributed by atoms with Crippen LogP contribution in [-0.4, -0.2) is 38.2 Å². The first-order valence-electron chi connectivity index (χ1n) is 4.87. The number of nitrogens with one attached hydrogen (secondary N) is 1. The lowest BCUT2D eigenvalue weighted by Crippen LogP contribution is -2.07. The maximum Gasteiger partial charge on any atom is 0.222 e. The number of anilines is 1. The van der Waals surface area contributed by atoms with Crippen LogP contribution in [0.2, 0.25) is 5.28 Å². The van der Waals surface area contributed by atoms with Gasteiger partial charge in [0.1, 0.15) is 0 Å². The summed E-state index contributed by atoms with van der Waals surface area (Å²) in [4.78, 5) is 15.0. The van der Waals surface area contributed by atoms with E-state index in [1.54, 1.807) is 36.9 Å². The topological polar surface area (TPSA) is 83.8 Å². The van der Waals surface area contributed by atoms with E-state index in [-0.39, 0.29) is 6.61 Å². The van der Waals surface area contributed by atoms with Gasteiger partial charge in [0.2, 0.25) is 11.2 Å². The summed E-state index contributed by atoms with van der Waals surface area (Å²) >= 11 is 5.32. The van der Waals surface area contributed by atoms with Gasteiger partial charge in [-0.05, 0) is 23.7 Å².